The number of carbonyl (C=O) groups excluding carboxylic acids is 2. The molecule has 0 bridgehead atoms. The highest BCUT2D eigenvalue weighted by Gasteiger charge is 2.47. The van der Waals surface area contributed by atoms with Gasteiger partial charge in [-0.3, -0.25) is 0 Å². The van der Waals surface area contributed by atoms with E-state index >= 15 is 0 Å². The van der Waals surface area contributed by atoms with Crippen LogP contribution in [0.15, 0.2) is 24.3 Å². The van der Waals surface area contributed by atoms with Gasteiger partial charge in [-0.2, -0.15) is 0 Å². The molecular formula is C14H19NO5. The smallest absolute Gasteiger partial charge is 0.362 e. The fourth-order valence-electron chi connectivity index (χ4n) is 1.52. The molecule has 0 aliphatic heterocycles. The molecule has 1 aromatic carbocycles. The number of ether oxygens (including phenoxy) is 3. The Labute approximate surface area is 117 Å². The Bertz CT molecular complexity index is 468. The highest BCUT2D eigenvalue weighted by Crippen LogP contribution is 2.23. The quantitative estimate of drug-likeness (QED) is 0.483. The lowest BCUT2D eigenvalue weighted by Gasteiger charge is -2.26. The van der Waals surface area contributed by atoms with Gasteiger partial charge in [0.05, 0.1) is 13.2 Å². The third-order valence-electron chi connectivity index (χ3n) is 2.51. The predicted octanol–water partition coefficient (Wildman–Crippen LogP) is 1.53. The number of rotatable bonds is 6. The second-order valence-electron chi connectivity index (χ2n) is 4.15. The van der Waals surface area contributed by atoms with Gasteiger partial charge in [-0.1, -0.05) is 6.07 Å². The zero-order chi connectivity index (χ0) is 15.2. The number of nitrogen functional groups attached to an aromatic ring is 1. The van der Waals surface area contributed by atoms with Crippen LogP contribution in [-0.4, -0.2) is 30.8 Å². The second kappa shape index (κ2) is 6.79. The molecule has 0 saturated carbocycles. The largest absolute Gasteiger partial charge is 0.464 e. The summed E-state index contributed by atoms with van der Waals surface area (Å²) in [6.45, 7) is 4.86. The molecule has 0 aliphatic carbocycles. The Hall–Kier alpha value is -2.24. The molecule has 1 aromatic rings. The molecule has 20 heavy (non-hydrogen) atoms. The van der Waals surface area contributed by atoms with Crippen LogP contribution in [-0.2, 0) is 19.1 Å². The molecule has 0 fully saturated rings. The van der Waals surface area contributed by atoms with Crippen LogP contribution in [0, 0.1) is 0 Å². The van der Waals surface area contributed by atoms with Crippen molar-refractivity contribution in [1.29, 1.82) is 0 Å². The number of carbonyl (C=O) groups is 2. The van der Waals surface area contributed by atoms with Crippen LogP contribution in [0.4, 0.5) is 5.69 Å². The van der Waals surface area contributed by atoms with E-state index in [1.807, 2.05) is 0 Å². The molecule has 1 rings (SSSR count). The third kappa shape index (κ3) is 3.63. The summed E-state index contributed by atoms with van der Waals surface area (Å²) in [5.41, 5.74) is 4.23. The summed E-state index contributed by atoms with van der Waals surface area (Å²) in [4.78, 5) is 24.0. The lowest BCUT2D eigenvalue weighted by Crippen LogP contribution is -2.51. The summed E-state index contributed by atoms with van der Waals surface area (Å²) in [5.74, 6) is -1.32. The van der Waals surface area contributed by atoms with Gasteiger partial charge >= 0.3 is 11.9 Å². The van der Waals surface area contributed by atoms with Crippen LogP contribution >= 0.6 is 0 Å². The molecule has 0 atom stereocenters. The van der Waals surface area contributed by atoms with Gasteiger partial charge in [0.15, 0.2) is 0 Å². The molecule has 2 N–H and O–H groups in total. The van der Waals surface area contributed by atoms with Gasteiger partial charge in [-0.25, -0.2) is 9.59 Å². The number of nitrogens with two attached hydrogens (primary N) is 1. The standard InChI is InChI=1S/C14H19NO5/c1-4-18-12(16)14(3,13(17)19-5-2)20-11-8-6-7-10(15)9-11/h6-9H,4-5,15H2,1-3H3. The lowest BCUT2D eigenvalue weighted by molar-refractivity contribution is -0.177. The minimum atomic E-state index is -1.86. The van der Waals surface area contributed by atoms with Crippen molar-refractivity contribution in [2.24, 2.45) is 0 Å². The molecule has 0 aromatic heterocycles. The second-order valence-corrected chi connectivity index (χ2v) is 4.15. The third-order valence-corrected chi connectivity index (χ3v) is 2.51. The summed E-state index contributed by atoms with van der Waals surface area (Å²) in [6, 6.07) is 6.42. The van der Waals surface area contributed by atoms with Gasteiger partial charge < -0.3 is 19.9 Å². The van der Waals surface area contributed by atoms with E-state index < -0.39 is 17.5 Å². The normalized spacial score (nSPS) is 10.8. The van der Waals surface area contributed by atoms with Gasteiger partial charge in [0, 0.05) is 11.8 Å². The maximum Gasteiger partial charge on any atom is 0.362 e. The SMILES string of the molecule is CCOC(=O)C(C)(Oc1cccc(N)c1)C(=O)OCC. The Morgan fingerprint density at radius 1 is 1.15 bits per heavy atom. The highest BCUT2D eigenvalue weighted by molar-refractivity contribution is 6.03. The summed E-state index contributed by atoms with van der Waals surface area (Å²) >= 11 is 0. The summed E-state index contributed by atoms with van der Waals surface area (Å²) in [7, 11) is 0. The first kappa shape index (κ1) is 15.8. The molecule has 0 amide bonds. The van der Waals surface area contributed by atoms with Gasteiger partial charge in [-0.15, -0.1) is 0 Å². The zero-order valence-electron chi connectivity index (χ0n) is 11.8. The monoisotopic (exact) mass is 281 g/mol. The molecule has 0 heterocycles. The van der Waals surface area contributed by atoms with Crippen molar-refractivity contribution >= 4 is 17.6 Å². The van der Waals surface area contributed by atoms with E-state index in [2.05, 4.69) is 0 Å². The average molecular weight is 281 g/mol. The van der Waals surface area contributed by atoms with Crippen molar-refractivity contribution < 1.29 is 23.8 Å². The van der Waals surface area contributed by atoms with Crippen molar-refractivity contribution in [3.63, 3.8) is 0 Å². The van der Waals surface area contributed by atoms with Gasteiger partial charge in [0.1, 0.15) is 5.75 Å². The van der Waals surface area contributed by atoms with Gasteiger partial charge in [-0.05, 0) is 32.9 Å². The molecule has 0 aliphatic rings. The van der Waals surface area contributed by atoms with Crippen molar-refractivity contribution in [3.8, 4) is 5.75 Å². The molecule has 110 valence electrons. The van der Waals surface area contributed by atoms with E-state index in [0.29, 0.717) is 5.69 Å². The Kier molecular flexibility index (Phi) is 5.37. The molecule has 6 nitrogen and oxygen atoms in total. The zero-order valence-corrected chi connectivity index (χ0v) is 11.8. The van der Waals surface area contributed by atoms with Crippen LogP contribution in [0.1, 0.15) is 20.8 Å². The Morgan fingerprint density at radius 3 is 2.15 bits per heavy atom. The van der Waals surface area contributed by atoms with Crippen LogP contribution in [0.25, 0.3) is 0 Å². The van der Waals surface area contributed by atoms with Gasteiger partial charge in [0.2, 0.25) is 0 Å². The number of benzene rings is 1. The predicted molar refractivity (Wildman–Crippen MR) is 73.2 cm³/mol. The van der Waals surface area contributed by atoms with E-state index in [4.69, 9.17) is 19.9 Å². The summed E-state index contributed by atoms with van der Waals surface area (Å²) in [6.07, 6.45) is 0. The average Bonchev–Trinajstić information content (AvgIpc) is 2.39. The topological polar surface area (TPSA) is 87.9 Å². The first-order valence-corrected chi connectivity index (χ1v) is 6.33. The summed E-state index contributed by atoms with van der Waals surface area (Å²) in [5, 5.41) is 0. The van der Waals surface area contributed by atoms with E-state index in [-0.39, 0.29) is 19.0 Å². The highest BCUT2D eigenvalue weighted by atomic mass is 16.6. The van der Waals surface area contributed by atoms with E-state index in [1.165, 1.54) is 13.0 Å². The maximum atomic E-state index is 12.0. The van der Waals surface area contributed by atoms with Crippen molar-refractivity contribution in [2.45, 2.75) is 26.4 Å². The fourth-order valence-corrected chi connectivity index (χ4v) is 1.52. The van der Waals surface area contributed by atoms with E-state index in [1.54, 1.807) is 32.0 Å². The number of esters is 2. The van der Waals surface area contributed by atoms with Crippen LogP contribution in [0.2, 0.25) is 0 Å². The maximum absolute atomic E-state index is 12.0. The lowest BCUT2D eigenvalue weighted by atomic mass is 10.1. The van der Waals surface area contributed by atoms with Gasteiger partial charge in [0.25, 0.3) is 5.60 Å². The van der Waals surface area contributed by atoms with Crippen molar-refractivity contribution in [1.82, 2.24) is 0 Å². The van der Waals surface area contributed by atoms with Crippen LogP contribution in [0.5, 0.6) is 5.75 Å². The fraction of sp³-hybridized carbons (Fsp3) is 0.429. The van der Waals surface area contributed by atoms with Crippen molar-refractivity contribution in [3.05, 3.63) is 24.3 Å². The molecule has 0 unspecified atom stereocenters. The molecule has 0 radical (unpaired) electrons. The first-order chi connectivity index (χ1) is 9.43. The number of hydrogen-bond donors (Lipinski definition) is 1. The van der Waals surface area contributed by atoms with Crippen LogP contribution < -0.4 is 10.5 Å². The first-order valence-electron chi connectivity index (χ1n) is 6.33. The number of anilines is 1. The number of hydrogen-bond acceptors (Lipinski definition) is 6. The van der Waals surface area contributed by atoms with E-state index in [9.17, 15) is 9.59 Å². The molecular weight excluding hydrogens is 262 g/mol. The van der Waals surface area contributed by atoms with Crippen molar-refractivity contribution in [2.75, 3.05) is 18.9 Å². The van der Waals surface area contributed by atoms with Crippen LogP contribution in [0.3, 0.4) is 0 Å². The van der Waals surface area contributed by atoms with E-state index in [0.717, 1.165) is 0 Å². The molecule has 0 saturated heterocycles. The molecule has 0 spiro atoms. The minimum absolute atomic E-state index is 0.133. The summed E-state index contributed by atoms with van der Waals surface area (Å²) < 4.78 is 15.2. The molecule has 6 heteroatoms. The minimum Gasteiger partial charge on any atom is -0.464 e. The Balaban J connectivity index is 3.04. The Morgan fingerprint density at radius 2 is 1.70 bits per heavy atom.